The number of rotatable bonds is 14. The monoisotopic (exact) mass is 485 g/mol. The Morgan fingerprint density at radius 1 is 1.00 bits per heavy atom. The number of aliphatic carboxylic acids is 1. The van der Waals surface area contributed by atoms with Gasteiger partial charge in [-0.15, -0.1) is 0 Å². The number of carboxylic acids is 1. The molecule has 1 aromatic heterocycles. The van der Waals surface area contributed by atoms with Crippen LogP contribution in [0.25, 0.3) is 0 Å². The van der Waals surface area contributed by atoms with Crippen molar-refractivity contribution in [1.82, 2.24) is 25.9 Å². The standard InChI is InChI=1S/C19H31N7O8/c1-8(27)14(21)17(31)24-11(3-4-13(20)29)16(30)26-15(9(2)28)18(32)25-12(19(33)34)5-10-6-22-7-23-10/h6-9,11-12,14-15,27-28H,3-5,21H2,1-2H3,(H2,20,29)(H,22,23)(H,24,31)(H,25,32)(H,26,30)(H,33,34). The van der Waals surface area contributed by atoms with Crippen LogP contribution in [0.3, 0.4) is 0 Å². The van der Waals surface area contributed by atoms with E-state index in [1.165, 1.54) is 26.4 Å². The van der Waals surface area contributed by atoms with Crippen LogP contribution < -0.4 is 27.4 Å². The summed E-state index contributed by atoms with van der Waals surface area (Å²) < 4.78 is 0. The third-order valence-corrected chi connectivity index (χ3v) is 4.79. The summed E-state index contributed by atoms with van der Waals surface area (Å²) in [5.74, 6) is -5.00. The summed E-state index contributed by atoms with van der Waals surface area (Å²) >= 11 is 0. The van der Waals surface area contributed by atoms with Crippen molar-refractivity contribution < 1.29 is 39.3 Å². The number of hydrogen-bond acceptors (Lipinski definition) is 9. The quantitative estimate of drug-likeness (QED) is 0.123. The summed E-state index contributed by atoms with van der Waals surface area (Å²) in [5, 5.41) is 35.6. The summed E-state index contributed by atoms with van der Waals surface area (Å²) in [7, 11) is 0. The second-order valence-corrected chi connectivity index (χ2v) is 7.74. The Balaban J connectivity index is 2.96. The fraction of sp³-hybridized carbons (Fsp3) is 0.579. The zero-order valence-corrected chi connectivity index (χ0v) is 18.7. The van der Waals surface area contributed by atoms with E-state index in [0.717, 1.165) is 0 Å². The Bertz CT molecular complexity index is 859. The highest BCUT2D eigenvalue weighted by molar-refractivity contribution is 5.94. The van der Waals surface area contributed by atoms with E-state index in [9.17, 15) is 39.3 Å². The lowest BCUT2D eigenvalue weighted by Gasteiger charge is -2.26. The number of aliphatic hydroxyl groups excluding tert-OH is 2. The van der Waals surface area contributed by atoms with Gasteiger partial charge in [-0.05, 0) is 20.3 Å². The van der Waals surface area contributed by atoms with Crippen LogP contribution in [0.2, 0.25) is 0 Å². The van der Waals surface area contributed by atoms with E-state index in [4.69, 9.17) is 11.5 Å². The maximum absolute atomic E-state index is 12.8. The molecule has 0 radical (unpaired) electrons. The van der Waals surface area contributed by atoms with Gasteiger partial charge in [-0.1, -0.05) is 0 Å². The maximum atomic E-state index is 12.8. The molecule has 0 saturated heterocycles. The summed E-state index contributed by atoms with van der Waals surface area (Å²) in [6.45, 7) is 2.45. The molecule has 0 aliphatic heterocycles. The molecule has 6 atom stereocenters. The fourth-order valence-electron chi connectivity index (χ4n) is 2.78. The Hall–Kier alpha value is -3.56. The molecule has 0 aromatic carbocycles. The lowest BCUT2D eigenvalue weighted by molar-refractivity contribution is -0.143. The molecule has 0 bridgehead atoms. The number of carbonyl (C=O) groups excluding carboxylic acids is 4. The fourth-order valence-corrected chi connectivity index (χ4v) is 2.78. The van der Waals surface area contributed by atoms with E-state index < -0.39 is 66.0 Å². The van der Waals surface area contributed by atoms with Crippen molar-refractivity contribution in [3.05, 3.63) is 18.2 Å². The number of carboxylic acid groups (broad SMARTS) is 1. The first-order valence-corrected chi connectivity index (χ1v) is 10.3. The molecule has 15 heteroatoms. The Kier molecular flexibility index (Phi) is 11.1. The molecule has 0 saturated carbocycles. The summed E-state index contributed by atoms with van der Waals surface area (Å²) in [4.78, 5) is 66.8. The molecule has 1 aromatic rings. The maximum Gasteiger partial charge on any atom is 0.326 e. The van der Waals surface area contributed by atoms with E-state index >= 15 is 0 Å². The number of imidazole rings is 1. The topological polar surface area (TPSA) is 263 Å². The molecule has 0 aliphatic carbocycles. The van der Waals surface area contributed by atoms with E-state index in [1.807, 2.05) is 0 Å². The number of nitrogens with two attached hydrogens (primary N) is 2. The highest BCUT2D eigenvalue weighted by Gasteiger charge is 2.33. The van der Waals surface area contributed by atoms with Gasteiger partial charge in [-0.3, -0.25) is 19.2 Å². The molecule has 34 heavy (non-hydrogen) atoms. The Morgan fingerprint density at radius 2 is 1.62 bits per heavy atom. The number of nitrogens with one attached hydrogen (secondary N) is 4. The molecule has 0 spiro atoms. The zero-order chi connectivity index (χ0) is 26.0. The molecule has 0 fully saturated rings. The first-order valence-electron chi connectivity index (χ1n) is 10.3. The number of nitrogens with zero attached hydrogens (tertiary/aromatic N) is 1. The van der Waals surface area contributed by atoms with Crippen molar-refractivity contribution in [2.75, 3.05) is 0 Å². The largest absolute Gasteiger partial charge is 0.480 e. The van der Waals surface area contributed by atoms with Crippen molar-refractivity contribution >= 4 is 29.6 Å². The number of hydrogen-bond donors (Lipinski definition) is 9. The molecule has 190 valence electrons. The Labute approximate surface area is 194 Å². The van der Waals surface area contributed by atoms with Crippen molar-refractivity contribution in [2.24, 2.45) is 11.5 Å². The normalized spacial score (nSPS) is 16.3. The highest BCUT2D eigenvalue weighted by atomic mass is 16.4. The molecule has 1 heterocycles. The van der Waals surface area contributed by atoms with Gasteiger partial charge in [-0.2, -0.15) is 0 Å². The molecular formula is C19H31N7O8. The highest BCUT2D eigenvalue weighted by Crippen LogP contribution is 2.04. The predicted octanol–water partition coefficient (Wildman–Crippen LogP) is -4.15. The minimum Gasteiger partial charge on any atom is -0.480 e. The Morgan fingerprint density at radius 3 is 2.09 bits per heavy atom. The number of aliphatic hydroxyl groups is 2. The van der Waals surface area contributed by atoms with E-state index in [2.05, 4.69) is 25.9 Å². The summed E-state index contributed by atoms with van der Waals surface area (Å²) in [5.41, 5.74) is 11.1. The van der Waals surface area contributed by atoms with Gasteiger partial charge < -0.3 is 47.7 Å². The third kappa shape index (κ3) is 9.13. The van der Waals surface area contributed by atoms with E-state index in [0.29, 0.717) is 5.69 Å². The van der Waals surface area contributed by atoms with E-state index in [-0.39, 0.29) is 19.3 Å². The van der Waals surface area contributed by atoms with Crippen LogP contribution in [0, 0.1) is 0 Å². The SMILES string of the molecule is CC(O)C(N)C(=O)NC(CCC(N)=O)C(=O)NC(C(=O)NC(Cc1cnc[nH]1)C(=O)O)C(C)O. The van der Waals surface area contributed by atoms with Crippen LogP contribution in [0.4, 0.5) is 0 Å². The molecular weight excluding hydrogens is 454 g/mol. The van der Waals surface area contributed by atoms with Gasteiger partial charge in [0.2, 0.25) is 23.6 Å². The number of aromatic nitrogens is 2. The molecule has 0 aliphatic rings. The first-order chi connectivity index (χ1) is 15.8. The lowest BCUT2D eigenvalue weighted by Crippen LogP contribution is -2.60. The van der Waals surface area contributed by atoms with Crippen LogP contribution in [0.1, 0.15) is 32.4 Å². The minimum atomic E-state index is -1.60. The minimum absolute atomic E-state index is 0.143. The van der Waals surface area contributed by atoms with E-state index in [1.54, 1.807) is 0 Å². The zero-order valence-electron chi connectivity index (χ0n) is 18.7. The average Bonchev–Trinajstić information content (AvgIpc) is 3.25. The average molecular weight is 485 g/mol. The van der Waals surface area contributed by atoms with Gasteiger partial charge in [0.15, 0.2) is 0 Å². The van der Waals surface area contributed by atoms with Gasteiger partial charge >= 0.3 is 5.97 Å². The van der Waals surface area contributed by atoms with Crippen LogP contribution in [0.15, 0.2) is 12.5 Å². The van der Waals surface area contributed by atoms with Crippen LogP contribution in [-0.4, -0.2) is 91.3 Å². The molecule has 11 N–H and O–H groups in total. The summed E-state index contributed by atoms with van der Waals surface area (Å²) in [6, 6.07) is -5.77. The van der Waals surface area contributed by atoms with Crippen LogP contribution in [0.5, 0.6) is 0 Å². The van der Waals surface area contributed by atoms with Crippen molar-refractivity contribution in [3.63, 3.8) is 0 Å². The van der Waals surface area contributed by atoms with Gasteiger partial charge in [0.1, 0.15) is 24.2 Å². The molecule has 6 unspecified atom stereocenters. The smallest absolute Gasteiger partial charge is 0.326 e. The van der Waals surface area contributed by atoms with Crippen LogP contribution in [-0.2, 0) is 30.4 Å². The van der Waals surface area contributed by atoms with Crippen molar-refractivity contribution in [3.8, 4) is 0 Å². The number of aromatic amines is 1. The van der Waals surface area contributed by atoms with Crippen molar-refractivity contribution in [2.45, 2.75) is 69.5 Å². The van der Waals surface area contributed by atoms with Gasteiger partial charge in [0.25, 0.3) is 0 Å². The predicted molar refractivity (Wildman–Crippen MR) is 115 cm³/mol. The first kappa shape index (κ1) is 28.5. The van der Waals surface area contributed by atoms with Gasteiger partial charge in [-0.25, -0.2) is 9.78 Å². The van der Waals surface area contributed by atoms with Gasteiger partial charge in [0.05, 0.1) is 18.5 Å². The number of amides is 4. The molecule has 15 nitrogen and oxygen atoms in total. The third-order valence-electron chi connectivity index (χ3n) is 4.79. The molecule has 1 rings (SSSR count). The van der Waals surface area contributed by atoms with Crippen molar-refractivity contribution in [1.29, 1.82) is 0 Å². The number of primary amides is 1. The number of H-pyrrole nitrogens is 1. The second-order valence-electron chi connectivity index (χ2n) is 7.74. The van der Waals surface area contributed by atoms with Crippen LogP contribution >= 0.6 is 0 Å². The lowest BCUT2D eigenvalue weighted by atomic mass is 10.1. The number of carbonyl (C=O) groups is 5. The second kappa shape index (κ2) is 13.2. The molecule has 4 amide bonds. The summed E-state index contributed by atoms with van der Waals surface area (Å²) in [6.07, 6.45) is -0.699. The van der Waals surface area contributed by atoms with Gasteiger partial charge in [0, 0.05) is 24.7 Å².